The highest BCUT2D eigenvalue weighted by molar-refractivity contribution is 7.75. The van der Waals surface area contributed by atoms with E-state index in [1.807, 2.05) is 0 Å². The van der Waals surface area contributed by atoms with Gasteiger partial charge in [-0.25, -0.2) is 0 Å². The molecule has 2 aromatic carbocycles. The van der Waals surface area contributed by atoms with Gasteiger partial charge in [0.2, 0.25) is 0 Å². The fraction of sp³-hybridized carbons (Fsp3) is 0.125. The zero-order valence-electron chi connectivity index (χ0n) is 10.1. The maximum absolute atomic E-state index is 2.36. The maximum Gasteiger partial charge on any atom is -0.0157 e. The summed E-state index contributed by atoms with van der Waals surface area (Å²) < 4.78 is 0. The molecule has 0 aliphatic carbocycles. The summed E-state index contributed by atoms with van der Waals surface area (Å²) in [6.07, 6.45) is 3.37. The second-order valence-electron chi connectivity index (χ2n) is 3.83. The summed E-state index contributed by atoms with van der Waals surface area (Å²) in [6, 6.07) is 21.5. The Labute approximate surface area is 105 Å². The monoisotopic (exact) mass is 240 g/mol. The van der Waals surface area contributed by atoms with Crippen LogP contribution in [0.5, 0.6) is 0 Å². The van der Waals surface area contributed by atoms with Crippen molar-refractivity contribution in [3.8, 4) is 0 Å². The molecule has 0 aromatic heterocycles. The number of benzene rings is 2. The van der Waals surface area contributed by atoms with Gasteiger partial charge in [0, 0.05) is 0 Å². The van der Waals surface area contributed by atoms with Crippen LogP contribution in [0.15, 0.2) is 72.6 Å². The minimum atomic E-state index is -0.337. The highest BCUT2D eigenvalue weighted by atomic mass is 31.1. The standard InChI is InChI=1S/C16H17P/c1-2-3-14-17(15-10-6-4-7-11-15)16-12-8-5-9-13-16/h3-14H,2H2,1H3. The molecule has 0 unspecified atom stereocenters. The van der Waals surface area contributed by atoms with Gasteiger partial charge in [-0.15, -0.1) is 0 Å². The van der Waals surface area contributed by atoms with Gasteiger partial charge in [0.05, 0.1) is 0 Å². The molecule has 86 valence electrons. The van der Waals surface area contributed by atoms with Gasteiger partial charge in [0.1, 0.15) is 0 Å². The van der Waals surface area contributed by atoms with Crippen LogP contribution in [0.1, 0.15) is 13.3 Å². The van der Waals surface area contributed by atoms with Crippen LogP contribution in [0.2, 0.25) is 0 Å². The quantitative estimate of drug-likeness (QED) is 0.707. The largest absolute Gasteiger partial charge is 0.0837 e. The Hall–Kier alpha value is -1.39. The van der Waals surface area contributed by atoms with Crippen molar-refractivity contribution in [3.05, 3.63) is 72.6 Å². The molecule has 0 aliphatic heterocycles. The van der Waals surface area contributed by atoms with Crippen molar-refractivity contribution in [2.24, 2.45) is 0 Å². The van der Waals surface area contributed by atoms with E-state index in [-0.39, 0.29) is 7.92 Å². The van der Waals surface area contributed by atoms with E-state index in [2.05, 4.69) is 79.5 Å². The normalized spacial score (nSPS) is 11.2. The van der Waals surface area contributed by atoms with Gasteiger partial charge in [-0.1, -0.05) is 79.5 Å². The Bertz CT molecular complexity index is 420. The Morgan fingerprint density at radius 3 is 1.71 bits per heavy atom. The van der Waals surface area contributed by atoms with Gasteiger partial charge in [0.15, 0.2) is 0 Å². The first-order valence-corrected chi connectivity index (χ1v) is 7.39. The SMILES string of the molecule is CCC=CP(c1ccccc1)c1ccccc1. The van der Waals surface area contributed by atoms with Crippen LogP contribution in [0.4, 0.5) is 0 Å². The predicted octanol–water partition coefficient (Wildman–Crippen LogP) is 4.04. The molecule has 2 rings (SSSR count). The molecule has 0 bridgehead atoms. The smallest absolute Gasteiger partial charge is 0.0157 e. The molecular formula is C16H17P. The minimum absolute atomic E-state index is 0.337. The molecule has 0 aliphatic rings. The van der Waals surface area contributed by atoms with Crippen LogP contribution in [0.3, 0.4) is 0 Å². The summed E-state index contributed by atoms with van der Waals surface area (Å²) in [6.45, 7) is 2.18. The van der Waals surface area contributed by atoms with E-state index in [1.165, 1.54) is 10.6 Å². The van der Waals surface area contributed by atoms with Crippen molar-refractivity contribution in [2.45, 2.75) is 13.3 Å². The first-order chi connectivity index (χ1) is 8.42. The Morgan fingerprint density at radius 2 is 1.29 bits per heavy atom. The summed E-state index contributed by atoms with van der Waals surface area (Å²) in [5, 5.41) is 2.83. The van der Waals surface area contributed by atoms with Crippen molar-refractivity contribution >= 4 is 18.5 Å². The van der Waals surface area contributed by atoms with Crippen molar-refractivity contribution in [1.29, 1.82) is 0 Å². The van der Waals surface area contributed by atoms with Crippen molar-refractivity contribution < 1.29 is 0 Å². The van der Waals surface area contributed by atoms with Crippen molar-refractivity contribution in [1.82, 2.24) is 0 Å². The molecule has 2 aromatic rings. The van der Waals surface area contributed by atoms with E-state index >= 15 is 0 Å². The molecule has 0 saturated heterocycles. The number of hydrogen-bond acceptors (Lipinski definition) is 0. The van der Waals surface area contributed by atoms with Crippen LogP contribution in [-0.4, -0.2) is 0 Å². The summed E-state index contributed by atoms with van der Waals surface area (Å²) in [4.78, 5) is 0. The van der Waals surface area contributed by atoms with E-state index in [0.29, 0.717) is 0 Å². The fourth-order valence-corrected chi connectivity index (χ4v) is 3.76. The van der Waals surface area contributed by atoms with Crippen LogP contribution in [0, 0.1) is 0 Å². The average molecular weight is 240 g/mol. The van der Waals surface area contributed by atoms with Crippen LogP contribution in [-0.2, 0) is 0 Å². The molecule has 0 saturated carbocycles. The van der Waals surface area contributed by atoms with E-state index in [9.17, 15) is 0 Å². The summed E-state index contributed by atoms with van der Waals surface area (Å²) in [5.41, 5.74) is 0. The first kappa shape index (κ1) is 12.1. The third-order valence-electron chi connectivity index (χ3n) is 2.56. The summed E-state index contributed by atoms with van der Waals surface area (Å²) in [5.74, 6) is 2.36. The predicted molar refractivity (Wildman–Crippen MR) is 78.5 cm³/mol. The highest BCUT2D eigenvalue weighted by Crippen LogP contribution is 2.34. The summed E-state index contributed by atoms with van der Waals surface area (Å²) in [7, 11) is -0.337. The second-order valence-corrected chi connectivity index (χ2v) is 5.91. The maximum atomic E-state index is 2.36. The highest BCUT2D eigenvalue weighted by Gasteiger charge is 2.08. The zero-order chi connectivity index (χ0) is 11.9. The number of rotatable bonds is 4. The number of hydrogen-bond donors (Lipinski definition) is 0. The third-order valence-corrected chi connectivity index (χ3v) is 4.78. The molecule has 0 nitrogen and oxygen atoms in total. The van der Waals surface area contributed by atoms with E-state index in [0.717, 1.165) is 6.42 Å². The molecule has 0 N–H and O–H groups in total. The van der Waals surface area contributed by atoms with Gasteiger partial charge >= 0.3 is 0 Å². The molecular weight excluding hydrogens is 223 g/mol. The minimum Gasteiger partial charge on any atom is -0.0837 e. The average Bonchev–Trinajstić information content (AvgIpc) is 2.42. The van der Waals surface area contributed by atoms with Gasteiger partial charge in [-0.3, -0.25) is 0 Å². The van der Waals surface area contributed by atoms with Crippen LogP contribution in [0.25, 0.3) is 0 Å². The Morgan fingerprint density at radius 1 is 0.824 bits per heavy atom. The van der Waals surface area contributed by atoms with Crippen LogP contribution < -0.4 is 10.6 Å². The lowest BCUT2D eigenvalue weighted by Crippen LogP contribution is -2.09. The lowest BCUT2D eigenvalue weighted by molar-refractivity contribution is 1.23. The fourth-order valence-electron chi connectivity index (χ4n) is 1.71. The van der Waals surface area contributed by atoms with Crippen molar-refractivity contribution in [2.75, 3.05) is 0 Å². The van der Waals surface area contributed by atoms with E-state index in [4.69, 9.17) is 0 Å². The number of allylic oxidation sites excluding steroid dienone is 1. The molecule has 17 heavy (non-hydrogen) atoms. The molecule has 0 fully saturated rings. The molecule has 1 heteroatoms. The first-order valence-electron chi connectivity index (χ1n) is 5.98. The molecule has 0 radical (unpaired) electrons. The molecule has 0 heterocycles. The second kappa shape index (κ2) is 6.37. The van der Waals surface area contributed by atoms with Gasteiger partial charge in [0.25, 0.3) is 0 Å². The third kappa shape index (κ3) is 3.28. The van der Waals surface area contributed by atoms with Gasteiger partial charge in [-0.2, -0.15) is 0 Å². The van der Waals surface area contributed by atoms with Gasteiger partial charge < -0.3 is 0 Å². The molecule has 0 amide bonds. The van der Waals surface area contributed by atoms with Crippen LogP contribution >= 0.6 is 7.92 Å². The summed E-state index contributed by atoms with van der Waals surface area (Å²) >= 11 is 0. The topological polar surface area (TPSA) is 0 Å². The lowest BCUT2D eigenvalue weighted by atomic mass is 10.4. The Kier molecular flexibility index (Phi) is 4.53. The molecule has 0 atom stereocenters. The van der Waals surface area contributed by atoms with E-state index in [1.54, 1.807) is 0 Å². The van der Waals surface area contributed by atoms with Crippen molar-refractivity contribution in [3.63, 3.8) is 0 Å². The van der Waals surface area contributed by atoms with Gasteiger partial charge in [-0.05, 0) is 25.0 Å². The molecule has 0 spiro atoms. The Balaban J connectivity index is 2.36. The van der Waals surface area contributed by atoms with E-state index < -0.39 is 0 Å². The zero-order valence-corrected chi connectivity index (χ0v) is 11.0. The lowest BCUT2D eigenvalue weighted by Gasteiger charge is -2.14.